The summed E-state index contributed by atoms with van der Waals surface area (Å²) in [4.78, 5) is 20.7. The molecule has 0 saturated carbocycles. The fourth-order valence-corrected chi connectivity index (χ4v) is 4.08. The van der Waals surface area contributed by atoms with Gasteiger partial charge in [-0.1, -0.05) is 24.3 Å². The fraction of sp³-hybridized carbons (Fsp3) is 0.348. The van der Waals surface area contributed by atoms with Gasteiger partial charge in [0.05, 0.1) is 6.04 Å². The molecule has 4 heteroatoms. The maximum absolute atomic E-state index is 13.3. The molecule has 2 aromatic carbocycles. The largest absolute Gasteiger partial charge is 0.361 e. The highest BCUT2D eigenvalue weighted by Gasteiger charge is 2.28. The number of carbonyl (C=O) groups is 1. The number of nitrogens with one attached hydrogen (secondary N) is 1. The highest BCUT2D eigenvalue weighted by molar-refractivity contribution is 5.98. The normalized spacial score (nSPS) is 17.6. The van der Waals surface area contributed by atoms with Crippen molar-refractivity contribution in [1.29, 1.82) is 0 Å². The van der Waals surface area contributed by atoms with Gasteiger partial charge in [0.25, 0.3) is 5.91 Å². The Morgan fingerprint density at radius 3 is 2.70 bits per heavy atom. The van der Waals surface area contributed by atoms with Gasteiger partial charge in [0, 0.05) is 35.8 Å². The molecule has 1 N–H and O–H groups in total. The van der Waals surface area contributed by atoms with Crippen molar-refractivity contribution >= 4 is 16.8 Å². The summed E-state index contributed by atoms with van der Waals surface area (Å²) < 4.78 is 0. The molecule has 0 radical (unpaired) electrons. The van der Waals surface area contributed by atoms with Gasteiger partial charge in [-0.2, -0.15) is 0 Å². The molecular formula is C23H27N3O. The molecule has 1 aliphatic heterocycles. The molecule has 4 nitrogen and oxygen atoms in total. The Morgan fingerprint density at radius 2 is 1.93 bits per heavy atom. The van der Waals surface area contributed by atoms with Crippen LogP contribution in [0.5, 0.6) is 0 Å². The summed E-state index contributed by atoms with van der Waals surface area (Å²) in [7, 11) is 4.16. The van der Waals surface area contributed by atoms with Crippen molar-refractivity contribution < 1.29 is 4.79 Å². The summed E-state index contributed by atoms with van der Waals surface area (Å²) in [6.07, 6.45) is 5.20. The highest BCUT2D eigenvalue weighted by atomic mass is 16.2. The molecule has 0 bridgehead atoms. The van der Waals surface area contributed by atoms with E-state index in [0.29, 0.717) is 0 Å². The third kappa shape index (κ3) is 3.76. The van der Waals surface area contributed by atoms with Crippen LogP contribution in [0.3, 0.4) is 0 Å². The number of amides is 1. The lowest BCUT2D eigenvalue weighted by Gasteiger charge is -2.36. The first-order chi connectivity index (χ1) is 13.1. The topological polar surface area (TPSA) is 39.3 Å². The molecule has 0 spiro atoms. The van der Waals surface area contributed by atoms with E-state index in [9.17, 15) is 4.79 Å². The number of benzene rings is 2. The zero-order chi connectivity index (χ0) is 18.8. The molecule has 1 unspecified atom stereocenters. The lowest BCUT2D eigenvalue weighted by atomic mass is 9.93. The van der Waals surface area contributed by atoms with Crippen LogP contribution in [0.1, 0.15) is 46.8 Å². The summed E-state index contributed by atoms with van der Waals surface area (Å²) >= 11 is 0. The van der Waals surface area contributed by atoms with E-state index in [1.54, 1.807) is 0 Å². The van der Waals surface area contributed by atoms with Crippen LogP contribution in [-0.4, -0.2) is 41.3 Å². The number of hydrogen-bond donors (Lipinski definition) is 1. The number of carbonyl (C=O) groups excluding carboxylic acids is 1. The molecule has 1 fully saturated rings. The Bertz CT molecular complexity index is 926. The molecule has 4 rings (SSSR count). The second kappa shape index (κ2) is 7.57. The van der Waals surface area contributed by atoms with E-state index >= 15 is 0 Å². The van der Waals surface area contributed by atoms with Crippen LogP contribution >= 0.6 is 0 Å². The molecule has 2 heterocycles. The summed E-state index contributed by atoms with van der Waals surface area (Å²) in [6, 6.07) is 16.9. The van der Waals surface area contributed by atoms with Gasteiger partial charge >= 0.3 is 0 Å². The van der Waals surface area contributed by atoms with Crippen molar-refractivity contribution in [3.8, 4) is 0 Å². The highest BCUT2D eigenvalue weighted by Crippen LogP contribution is 2.32. The number of aromatic amines is 1. The van der Waals surface area contributed by atoms with Crippen molar-refractivity contribution in [1.82, 2.24) is 14.8 Å². The number of piperidine rings is 1. The van der Waals surface area contributed by atoms with Crippen LogP contribution in [0, 0.1) is 0 Å². The maximum Gasteiger partial charge on any atom is 0.254 e. The summed E-state index contributed by atoms with van der Waals surface area (Å²) in [5.74, 6) is 0.139. The van der Waals surface area contributed by atoms with Crippen molar-refractivity contribution in [2.24, 2.45) is 0 Å². The monoisotopic (exact) mass is 361 g/mol. The van der Waals surface area contributed by atoms with E-state index in [-0.39, 0.29) is 11.9 Å². The number of rotatable bonds is 4. The first-order valence-corrected chi connectivity index (χ1v) is 9.73. The number of likely N-dealkylation sites (tertiary alicyclic amines) is 1. The van der Waals surface area contributed by atoms with Crippen LogP contribution < -0.4 is 0 Å². The predicted molar refractivity (Wildman–Crippen MR) is 110 cm³/mol. The Labute approximate surface area is 160 Å². The maximum atomic E-state index is 13.3. The quantitative estimate of drug-likeness (QED) is 0.738. The van der Waals surface area contributed by atoms with Gasteiger partial charge in [0.2, 0.25) is 0 Å². The third-order valence-electron chi connectivity index (χ3n) is 5.43. The minimum Gasteiger partial charge on any atom is -0.361 e. The van der Waals surface area contributed by atoms with Crippen molar-refractivity contribution in [3.63, 3.8) is 0 Å². The van der Waals surface area contributed by atoms with Gasteiger partial charge in [-0.25, -0.2) is 0 Å². The Morgan fingerprint density at radius 1 is 1.11 bits per heavy atom. The summed E-state index contributed by atoms with van der Waals surface area (Å²) in [5, 5.41) is 1.09. The molecule has 0 aliphatic carbocycles. The minimum atomic E-state index is 0.139. The van der Waals surface area contributed by atoms with Gasteiger partial charge in [-0.05, 0) is 68.8 Å². The number of fused-ring (bicyclic) bond motifs is 1. The first-order valence-electron chi connectivity index (χ1n) is 9.73. The molecule has 27 heavy (non-hydrogen) atoms. The Hall–Kier alpha value is -2.59. The third-order valence-corrected chi connectivity index (χ3v) is 5.43. The summed E-state index contributed by atoms with van der Waals surface area (Å²) in [5.41, 5.74) is 4.39. The number of aromatic nitrogens is 1. The first kappa shape index (κ1) is 17.8. The number of hydrogen-bond acceptors (Lipinski definition) is 2. The van der Waals surface area contributed by atoms with Crippen LogP contribution in [0.2, 0.25) is 0 Å². The van der Waals surface area contributed by atoms with Crippen LogP contribution in [0.25, 0.3) is 10.9 Å². The Kier molecular flexibility index (Phi) is 4.99. The van der Waals surface area contributed by atoms with Crippen molar-refractivity contribution in [2.45, 2.75) is 31.8 Å². The number of nitrogens with zero attached hydrogens (tertiary/aromatic N) is 2. The average molecular weight is 361 g/mol. The van der Waals surface area contributed by atoms with E-state index in [1.165, 1.54) is 17.5 Å². The van der Waals surface area contributed by atoms with Gasteiger partial charge < -0.3 is 14.8 Å². The summed E-state index contributed by atoms with van der Waals surface area (Å²) in [6.45, 7) is 1.76. The second-order valence-electron chi connectivity index (χ2n) is 7.77. The zero-order valence-corrected chi connectivity index (χ0v) is 16.1. The SMILES string of the molecule is CN(C)Cc1ccc(C2CCCCN2C(=O)c2ccc3[nH]ccc3c2)cc1. The van der Waals surface area contributed by atoms with Crippen molar-refractivity contribution in [3.05, 3.63) is 71.4 Å². The van der Waals surface area contributed by atoms with Crippen molar-refractivity contribution in [2.75, 3.05) is 20.6 Å². The van der Waals surface area contributed by atoms with Gasteiger partial charge in [-0.3, -0.25) is 4.79 Å². The lowest BCUT2D eigenvalue weighted by molar-refractivity contribution is 0.0611. The molecule has 1 aliphatic rings. The molecule has 1 aromatic heterocycles. The molecule has 1 amide bonds. The number of H-pyrrole nitrogens is 1. The zero-order valence-electron chi connectivity index (χ0n) is 16.1. The molecule has 1 atom stereocenters. The Balaban J connectivity index is 1.58. The van der Waals surface area contributed by atoms with Crippen LogP contribution in [0.4, 0.5) is 0 Å². The second-order valence-corrected chi connectivity index (χ2v) is 7.77. The molecule has 3 aromatic rings. The standard InChI is InChI=1S/C23H27N3O/c1-25(2)16-17-6-8-18(9-7-17)22-5-3-4-14-26(22)23(27)20-10-11-21-19(15-20)12-13-24-21/h6-13,15,22,24H,3-5,14,16H2,1-2H3. The average Bonchev–Trinajstić information content (AvgIpc) is 3.15. The van der Waals surface area contributed by atoms with E-state index in [2.05, 4.69) is 53.1 Å². The van der Waals surface area contributed by atoms with Crippen LogP contribution in [0.15, 0.2) is 54.7 Å². The van der Waals surface area contributed by atoms with Crippen LogP contribution in [-0.2, 0) is 6.54 Å². The molecular weight excluding hydrogens is 334 g/mol. The van der Waals surface area contributed by atoms with E-state index < -0.39 is 0 Å². The van der Waals surface area contributed by atoms with E-state index in [4.69, 9.17) is 0 Å². The molecule has 140 valence electrons. The van der Waals surface area contributed by atoms with Gasteiger partial charge in [0.1, 0.15) is 0 Å². The smallest absolute Gasteiger partial charge is 0.254 e. The molecule has 1 saturated heterocycles. The fourth-order valence-electron chi connectivity index (χ4n) is 4.08. The minimum absolute atomic E-state index is 0.139. The van der Waals surface area contributed by atoms with E-state index in [0.717, 1.165) is 42.4 Å². The van der Waals surface area contributed by atoms with Gasteiger partial charge in [0.15, 0.2) is 0 Å². The predicted octanol–water partition coefficient (Wildman–Crippen LogP) is 4.60. The lowest BCUT2D eigenvalue weighted by Crippen LogP contribution is -2.38. The van der Waals surface area contributed by atoms with E-state index in [1.807, 2.05) is 30.5 Å². The van der Waals surface area contributed by atoms with Gasteiger partial charge in [-0.15, -0.1) is 0 Å².